The van der Waals surface area contributed by atoms with Crippen LogP contribution in [0.2, 0.25) is 0 Å². The van der Waals surface area contributed by atoms with Gasteiger partial charge in [0.05, 0.1) is 21.3 Å². The van der Waals surface area contributed by atoms with E-state index in [-0.39, 0.29) is 11.9 Å². The summed E-state index contributed by atoms with van der Waals surface area (Å²) in [5, 5.41) is 5.00. The molecule has 0 spiro atoms. The zero-order valence-corrected chi connectivity index (χ0v) is 14.3. The van der Waals surface area contributed by atoms with Crippen LogP contribution in [-0.4, -0.2) is 32.5 Å². The lowest BCUT2D eigenvalue weighted by atomic mass is 10.2. The molecule has 24 heavy (non-hydrogen) atoms. The number of para-hydroxylation sites is 1. The van der Waals surface area contributed by atoms with Crippen LogP contribution in [0.5, 0.6) is 0 Å². The number of hydrogen-bond acceptors (Lipinski definition) is 6. The van der Waals surface area contributed by atoms with Crippen LogP contribution >= 0.6 is 11.3 Å². The summed E-state index contributed by atoms with van der Waals surface area (Å²) in [6.07, 6.45) is 3.01. The Morgan fingerprint density at radius 1 is 1.38 bits per heavy atom. The predicted octanol–water partition coefficient (Wildman–Crippen LogP) is 3.28. The highest BCUT2D eigenvalue weighted by Crippen LogP contribution is 2.31. The summed E-state index contributed by atoms with van der Waals surface area (Å²) in [6.45, 7) is 2.53. The summed E-state index contributed by atoms with van der Waals surface area (Å²) in [5.41, 5.74) is 1.01. The number of thiazole rings is 1. The van der Waals surface area contributed by atoms with Crippen LogP contribution in [0.25, 0.3) is 10.2 Å². The van der Waals surface area contributed by atoms with E-state index in [0.717, 1.165) is 29.9 Å². The summed E-state index contributed by atoms with van der Waals surface area (Å²) in [5.74, 6) is 1.30. The largest absolute Gasteiger partial charge is 0.340 e. The monoisotopic (exact) mass is 342 g/mol. The third-order valence-electron chi connectivity index (χ3n) is 4.31. The number of carbonyl (C=O) groups is 1. The molecule has 6 nitrogen and oxygen atoms in total. The summed E-state index contributed by atoms with van der Waals surface area (Å²) >= 11 is 1.66. The smallest absolute Gasteiger partial charge is 0.223 e. The summed E-state index contributed by atoms with van der Waals surface area (Å²) in [4.78, 5) is 23.4. The molecule has 7 heteroatoms. The molecular formula is C17H18N4O2S. The molecule has 1 saturated heterocycles. The number of aromatic nitrogens is 3. The molecule has 1 amide bonds. The van der Waals surface area contributed by atoms with Crippen molar-refractivity contribution < 1.29 is 9.32 Å². The van der Waals surface area contributed by atoms with Gasteiger partial charge in [-0.05, 0) is 25.0 Å². The van der Waals surface area contributed by atoms with Crippen LogP contribution in [0, 0.1) is 6.92 Å². The second-order valence-corrected chi connectivity index (χ2v) is 7.11. The van der Waals surface area contributed by atoms with Gasteiger partial charge in [0.15, 0.2) is 5.82 Å². The molecule has 0 aliphatic carbocycles. The van der Waals surface area contributed by atoms with E-state index in [1.165, 1.54) is 4.70 Å². The van der Waals surface area contributed by atoms with Gasteiger partial charge in [-0.2, -0.15) is 4.98 Å². The number of likely N-dealkylation sites (tertiary alicyclic amines) is 1. The number of rotatable bonds is 4. The maximum atomic E-state index is 12.6. The van der Waals surface area contributed by atoms with E-state index in [1.807, 2.05) is 23.1 Å². The van der Waals surface area contributed by atoms with Crippen LogP contribution in [0.15, 0.2) is 28.8 Å². The van der Waals surface area contributed by atoms with Gasteiger partial charge in [-0.15, -0.1) is 11.3 Å². The van der Waals surface area contributed by atoms with Crippen LogP contribution in [-0.2, 0) is 11.2 Å². The second kappa shape index (κ2) is 6.32. The highest BCUT2D eigenvalue weighted by Gasteiger charge is 2.32. The number of nitrogens with zero attached hydrogens (tertiary/aromatic N) is 4. The number of fused-ring (bicyclic) bond motifs is 1. The van der Waals surface area contributed by atoms with Crippen molar-refractivity contribution >= 4 is 27.5 Å². The summed E-state index contributed by atoms with van der Waals surface area (Å²) in [7, 11) is 0. The summed E-state index contributed by atoms with van der Waals surface area (Å²) < 4.78 is 6.23. The topological polar surface area (TPSA) is 72.1 Å². The fourth-order valence-corrected chi connectivity index (χ4v) is 4.14. The highest BCUT2D eigenvalue weighted by molar-refractivity contribution is 7.18. The maximum absolute atomic E-state index is 12.6. The van der Waals surface area contributed by atoms with Gasteiger partial charge in [-0.25, -0.2) is 4.98 Å². The fraction of sp³-hybridized carbons (Fsp3) is 0.412. The van der Waals surface area contributed by atoms with Gasteiger partial charge in [-0.1, -0.05) is 17.3 Å². The van der Waals surface area contributed by atoms with E-state index >= 15 is 0 Å². The first kappa shape index (κ1) is 15.3. The Bertz CT molecular complexity index is 839. The van der Waals surface area contributed by atoms with Crippen molar-refractivity contribution in [3.05, 3.63) is 41.0 Å². The number of carbonyl (C=O) groups excluding carboxylic acids is 1. The van der Waals surface area contributed by atoms with Crippen LogP contribution in [0.3, 0.4) is 0 Å². The summed E-state index contributed by atoms with van der Waals surface area (Å²) in [6, 6.07) is 8.01. The molecule has 3 heterocycles. The first-order chi connectivity index (χ1) is 11.7. The van der Waals surface area contributed by atoms with E-state index in [4.69, 9.17) is 4.52 Å². The average molecular weight is 342 g/mol. The van der Waals surface area contributed by atoms with Crippen molar-refractivity contribution in [3.63, 3.8) is 0 Å². The molecule has 0 saturated carbocycles. The highest BCUT2D eigenvalue weighted by atomic mass is 32.1. The Labute approximate surface area is 143 Å². The van der Waals surface area contributed by atoms with Crippen LogP contribution < -0.4 is 0 Å². The van der Waals surface area contributed by atoms with Crippen molar-refractivity contribution in [2.45, 2.75) is 38.6 Å². The SMILES string of the molecule is Cc1nc([C@@H]2CCCN2C(=O)CCc2nc3ccccc3s2)no1. The minimum absolute atomic E-state index is 0.0506. The minimum Gasteiger partial charge on any atom is -0.340 e. The molecule has 0 bridgehead atoms. The lowest BCUT2D eigenvalue weighted by molar-refractivity contribution is -0.132. The number of aryl methyl sites for hydroxylation is 2. The molecule has 2 aromatic heterocycles. The molecule has 0 N–H and O–H groups in total. The molecule has 0 radical (unpaired) electrons. The first-order valence-electron chi connectivity index (χ1n) is 8.15. The van der Waals surface area contributed by atoms with Crippen molar-refractivity contribution in [2.75, 3.05) is 6.54 Å². The molecule has 1 aliphatic rings. The Hall–Kier alpha value is -2.28. The standard InChI is InChI=1S/C17H18N4O2S/c1-11-18-17(20-23-11)13-6-4-10-21(13)16(22)9-8-15-19-12-5-2-3-7-14(12)24-15/h2-3,5,7,13H,4,6,8-10H2,1H3/t13-/m0/s1. The van der Waals surface area contributed by atoms with Gasteiger partial charge in [-0.3, -0.25) is 4.79 Å². The van der Waals surface area contributed by atoms with Gasteiger partial charge < -0.3 is 9.42 Å². The van der Waals surface area contributed by atoms with Crippen molar-refractivity contribution in [1.29, 1.82) is 0 Å². The molecule has 124 valence electrons. The van der Waals surface area contributed by atoms with E-state index in [2.05, 4.69) is 21.2 Å². The number of amides is 1. The number of benzene rings is 1. The molecule has 1 aliphatic heterocycles. The quantitative estimate of drug-likeness (QED) is 0.727. The van der Waals surface area contributed by atoms with Crippen LogP contribution in [0.1, 0.15) is 42.0 Å². The van der Waals surface area contributed by atoms with Gasteiger partial charge in [0, 0.05) is 26.3 Å². The number of hydrogen-bond donors (Lipinski definition) is 0. The average Bonchev–Trinajstić information content (AvgIpc) is 3.30. The Morgan fingerprint density at radius 2 is 2.25 bits per heavy atom. The molecular weight excluding hydrogens is 324 g/mol. The zero-order chi connectivity index (χ0) is 16.5. The third kappa shape index (κ3) is 2.91. The Morgan fingerprint density at radius 3 is 3.04 bits per heavy atom. The predicted molar refractivity (Wildman–Crippen MR) is 90.7 cm³/mol. The molecule has 3 aromatic rings. The van der Waals surface area contributed by atoms with E-state index < -0.39 is 0 Å². The van der Waals surface area contributed by atoms with Gasteiger partial charge >= 0.3 is 0 Å². The molecule has 4 rings (SSSR count). The molecule has 1 atom stereocenters. The lowest BCUT2D eigenvalue weighted by Crippen LogP contribution is -2.31. The van der Waals surface area contributed by atoms with E-state index in [9.17, 15) is 4.79 Å². The molecule has 1 aromatic carbocycles. The van der Waals surface area contributed by atoms with Crippen molar-refractivity contribution in [3.8, 4) is 0 Å². The van der Waals surface area contributed by atoms with E-state index in [0.29, 0.717) is 24.6 Å². The Kier molecular flexibility index (Phi) is 4.02. The van der Waals surface area contributed by atoms with E-state index in [1.54, 1.807) is 18.3 Å². The normalized spacial score (nSPS) is 17.7. The first-order valence-corrected chi connectivity index (χ1v) is 8.96. The Balaban J connectivity index is 1.43. The van der Waals surface area contributed by atoms with Crippen LogP contribution in [0.4, 0.5) is 0 Å². The third-order valence-corrected chi connectivity index (χ3v) is 5.40. The van der Waals surface area contributed by atoms with Gasteiger partial charge in [0.25, 0.3) is 0 Å². The van der Waals surface area contributed by atoms with Gasteiger partial charge in [0.1, 0.15) is 0 Å². The minimum atomic E-state index is -0.0506. The molecule has 1 fully saturated rings. The zero-order valence-electron chi connectivity index (χ0n) is 13.4. The molecule has 0 unspecified atom stereocenters. The van der Waals surface area contributed by atoms with Crippen molar-refractivity contribution in [1.82, 2.24) is 20.0 Å². The van der Waals surface area contributed by atoms with Gasteiger partial charge in [0.2, 0.25) is 11.8 Å². The van der Waals surface area contributed by atoms with Crippen molar-refractivity contribution in [2.24, 2.45) is 0 Å². The second-order valence-electron chi connectivity index (χ2n) is 5.99. The fourth-order valence-electron chi connectivity index (χ4n) is 3.17. The maximum Gasteiger partial charge on any atom is 0.223 e. The lowest BCUT2D eigenvalue weighted by Gasteiger charge is -2.22.